The molecule has 2 rings (SSSR count). The summed E-state index contributed by atoms with van der Waals surface area (Å²) in [5.41, 5.74) is 1.38. The molecule has 1 fully saturated rings. The zero-order chi connectivity index (χ0) is 12.5. The Morgan fingerprint density at radius 3 is 2.88 bits per heavy atom. The Kier molecular flexibility index (Phi) is 3.88. The van der Waals surface area contributed by atoms with Gasteiger partial charge in [-0.05, 0) is 51.7 Å². The fourth-order valence-electron chi connectivity index (χ4n) is 3.02. The minimum atomic E-state index is -0.247. The van der Waals surface area contributed by atoms with Crippen LogP contribution in [0.2, 0.25) is 0 Å². The van der Waals surface area contributed by atoms with E-state index in [4.69, 9.17) is 0 Å². The Bertz CT molecular complexity index is 392. The van der Waals surface area contributed by atoms with Crippen LogP contribution in [-0.4, -0.2) is 16.2 Å². The number of aromatic nitrogens is 1. The highest BCUT2D eigenvalue weighted by atomic mass is 79.9. The van der Waals surface area contributed by atoms with E-state index in [2.05, 4.69) is 34.8 Å². The molecule has 0 aliphatic heterocycles. The number of aliphatic hydroxyl groups excluding tert-OH is 1. The van der Waals surface area contributed by atoms with Crippen molar-refractivity contribution in [3.63, 3.8) is 0 Å². The van der Waals surface area contributed by atoms with E-state index in [1.54, 1.807) is 6.20 Å². The number of nitrogens with zero attached hydrogens (tertiary/aromatic N) is 1. The average Bonchev–Trinajstić information content (AvgIpc) is 2.58. The Balaban J connectivity index is 2.04. The van der Waals surface area contributed by atoms with Crippen molar-refractivity contribution in [2.45, 2.75) is 45.6 Å². The molecule has 1 aromatic heterocycles. The molecular formula is C14H20BrNO. The van der Waals surface area contributed by atoms with Gasteiger partial charge in [-0.1, -0.05) is 20.3 Å². The molecule has 0 bridgehead atoms. The summed E-state index contributed by atoms with van der Waals surface area (Å²) < 4.78 is 0.980. The summed E-state index contributed by atoms with van der Waals surface area (Å²) >= 11 is 3.41. The maximum absolute atomic E-state index is 10.4. The van der Waals surface area contributed by atoms with E-state index in [1.807, 2.05) is 12.3 Å². The lowest BCUT2D eigenvalue weighted by atomic mass is 9.77. The molecule has 0 amide bonds. The molecule has 0 spiro atoms. The normalized spacial score (nSPS) is 24.8. The summed E-state index contributed by atoms with van der Waals surface area (Å²) in [7, 11) is 0. The van der Waals surface area contributed by atoms with Crippen molar-refractivity contribution < 1.29 is 5.11 Å². The molecule has 1 aliphatic rings. The lowest BCUT2D eigenvalue weighted by Gasteiger charge is -2.31. The smallest absolute Gasteiger partial charge is 0.0614 e. The third-order valence-electron chi connectivity index (χ3n) is 4.01. The largest absolute Gasteiger partial charge is 0.392 e. The van der Waals surface area contributed by atoms with E-state index in [9.17, 15) is 5.11 Å². The third-order valence-corrected chi connectivity index (χ3v) is 4.44. The van der Waals surface area contributed by atoms with E-state index in [-0.39, 0.29) is 11.5 Å². The van der Waals surface area contributed by atoms with E-state index in [1.165, 1.54) is 12.8 Å². The fourth-order valence-corrected chi connectivity index (χ4v) is 3.43. The van der Waals surface area contributed by atoms with Crippen LogP contribution in [0, 0.1) is 11.3 Å². The van der Waals surface area contributed by atoms with Crippen LogP contribution in [0.15, 0.2) is 22.9 Å². The number of rotatable bonds is 3. The monoisotopic (exact) mass is 297 g/mol. The van der Waals surface area contributed by atoms with Gasteiger partial charge in [0.05, 0.1) is 6.10 Å². The van der Waals surface area contributed by atoms with E-state index in [0.29, 0.717) is 12.3 Å². The van der Waals surface area contributed by atoms with Crippen LogP contribution in [0.3, 0.4) is 0 Å². The van der Waals surface area contributed by atoms with Gasteiger partial charge in [0.15, 0.2) is 0 Å². The summed E-state index contributed by atoms with van der Waals surface area (Å²) in [6.45, 7) is 4.54. The number of pyridine rings is 1. The Morgan fingerprint density at radius 1 is 1.53 bits per heavy atom. The van der Waals surface area contributed by atoms with Gasteiger partial charge in [-0.3, -0.25) is 4.98 Å². The predicted molar refractivity (Wildman–Crippen MR) is 72.8 cm³/mol. The molecule has 1 aromatic rings. The van der Waals surface area contributed by atoms with Crippen LogP contribution < -0.4 is 0 Å². The van der Waals surface area contributed by atoms with Crippen LogP contribution in [-0.2, 0) is 6.42 Å². The van der Waals surface area contributed by atoms with Crippen molar-refractivity contribution in [1.29, 1.82) is 0 Å². The van der Waals surface area contributed by atoms with E-state index >= 15 is 0 Å². The second-order valence-corrected chi connectivity index (χ2v) is 6.69. The molecule has 2 atom stereocenters. The minimum absolute atomic E-state index is 0.247. The summed E-state index contributed by atoms with van der Waals surface area (Å²) in [4.78, 5) is 4.14. The first-order chi connectivity index (χ1) is 7.99. The van der Waals surface area contributed by atoms with Gasteiger partial charge in [0.1, 0.15) is 0 Å². The quantitative estimate of drug-likeness (QED) is 0.925. The highest BCUT2D eigenvalue weighted by molar-refractivity contribution is 9.10. The van der Waals surface area contributed by atoms with Gasteiger partial charge in [-0.25, -0.2) is 0 Å². The Hall–Kier alpha value is -0.410. The highest BCUT2D eigenvalue weighted by Gasteiger charge is 2.38. The number of hydrogen-bond acceptors (Lipinski definition) is 2. The van der Waals surface area contributed by atoms with Crippen molar-refractivity contribution in [2.24, 2.45) is 11.3 Å². The van der Waals surface area contributed by atoms with Crippen LogP contribution in [0.1, 0.15) is 38.7 Å². The molecular weight excluding hydrogens is 278 g/mol. The molecule has 94 valence electrons. The third kappa shape index (κ3) is 3.08. The highest BCUT2D eigenvalue weighted by Crippen LogP contribution is 2.44. The van der Waals surface area contributed by atoms with Gasteiger partial charge in [0, 0.05) is 23.3 Å². The fraction of sp³-hybridized carbons (Fsp3) is 0.643. The van der Waals surface area contributed by atoms with Crippen molar-refractivity contribution in [3.8, 4) is 0 Å². The first kappa shape index (κ1) is 13.0. The first-order valence-electron chi connectivity index (χ1n) is 6.26. The van der Waals surface area contributed by atoms with Crippen molar-refractivity contribution >= 4 is 15.9 Å². The zero-order valence-electron chi connectivity index (χ0n) is 10.5. The number of halogens is 1. The molecule has 0 aromatic carbocycles. The van der Waals surface area contributed by atoms with E-state index < -0.39 is 0 Å². The number of hydrogen-bond donors (Lipinski definition) is 1. The summed E-state index contributed by atoms with van der Waals surface area (Å²) in [6, 6.07) is 2.04. The lowest BCUT2D eigenvalue weighted by Crippen LogP contribution is -2.31. The first-order valence-corrected chi connectivity index (χ1v) is 7.06. The SMILES string of the molecule is CC1(C)CCCC1C(O)Cc1cncc(Br)c1. The zero-order valence-corrected chi connectivity index (χ0v) is 12.1. The van der Waals surface area contributed by atoms with Gasteiger partial charge in [0.2, 0.25) is 0 Å². The molecule has 17 heavy (non-hydrogen) atoms. The van der Waals surface area contributed by atoms with Crippen molar-refractivity contribution in [2.75, 3.05) is 0 Å². The topological polar surface area (TPSA) is 33.1 Å². The molecule has 1 heterocycles. The van der Waals surface area contributed by atoms with Crippen molar-refractivity contribution in [3.05, 3.63) is 28.5 Å². The van der Waals surface area contributed by atoms with Crippen LogP contribution >= 0.6 is 15.9 Å². The van der Waals surface area contributed by atoms with Gasteiger partial charge in [0.25, 0.3) is 0 Å². The summed E-state index contributed by atoms with van der Waals surface area (Å²) in [5, 5.41) is 10.4. The van der Waals surface area contributed by atoms with Crippen LogP contribution in [0.4, 0.5) is 0 Å². The maximum Gasteiger partial charge on any atom is 0.0614 e. The molecule has 3 heteroatoms. The van der Waals surface area contributed by atoms with Crippen LogP contribution in [0.25, 0.3) is 0 Å². The minimum Gasteiger partial charge on any atom is -0.392 e. The molecule has 1 aliphatic carbocycles. The van der Waals surface area contributed by atoms with Crippen LogP contribution in [0.5, 0.6) is 0 Å². The Morgan fingerprint density at radius 2 is 2.29 bits per heavy atom. The summed E-state index contributed by atoms with van der Waals surface area (Å²) in [6.07, 6.45) is 7.70. The van der Waals surface area contributed by atoms with Gasteiger partial charge in [-0.15, -0.1) is 0 Å². The van der Waals surface area contributed by atoms with Crippen molar-refractivity contribution in [1.82, 2.24) is 4.98 Å². The number of aliphatic hydroxyl groups is 1. The maximum atomic E-state index is 10.4. The second kappa shape index (κ2) is 5.07. The lowest BCUT2D eigenvalue weighted by molar-refractivity contribution is 0.0542. The standard InChI is InChI=1S/C14H20BrNO/c1-14(2)5-3-4-12(14)13(17)7-10-6-11(15)9-16-8-10/h6,8-9,12-13,17H,3-5,7H2,1-2H3. The Labute approximate surface area is 112 Å². The molecule has 2 nitrogen and oxygen atoms in total. The second-order valence-electron chi connectivity index (χ2n) is 5.77. The molecule has 2 unspecified atom stereocenters. The summed E-state index contributed by atoms with van der Waals surface area (Å²) in [5.74, 6) is 0.418. The molecule has 1 N–H and O–H groups in total. The van der Waals surface area contributed by atoms with E-state index in [0.717, 1.165) is 16.5 Å². The predicted octanol–water partition coefficient (Wildman–Crippen LogP) is 3.57. The van der Waals surface area contributed by atoms with Gasteiger partial charge >= 0.3 is 0 Å². The average molecular weight is 298 g/mol. The molecule has 1 saturated carbocycles. The van der Waals surface area contributed by atoms with Gasteiger partial charge in [-0.2, -0.15) is 0 Å². The molecule has 0 saturated heterocycles. The molecule has 0 radical (unpaired) electrons. The van der Waals surface area contributed by atoms with Gasteiger partial charge < -0.3 is 5.11 Å².